The first-order valence-electron chi connectivity index (χ1n) is 8.82. The van der Waals surface area contributed by atoms with Gasteiger partial charge < -0.3 is 15.0 Å². The van der Waals surface area contributed by atoms with E-state index in [9.17, 15) is 10.1 Å². The Labute approximate surface area is 163 Å². The number of nitriles is 1. The van der Waals surface area contributed by atoms with Gasteiger partial charge >= 0.3 is 0 Å². The largest absolute Gasteiger partial charge is 0.481 e. The highest BCUT2D eigenvalue weighted by atomic mass is 16.5. The van der Waals surface area contributed by atoms with Crippen LogP contribution in [0.4, 0.5) is 0 Å². The van der Waals surface area contributed by atoms with Crippen molar-refractivity contribution in [1.82, 2.24) is 10.3 Å². The number of ether oxygens (including phenoxy) is 1. The average Bonchev–Trinajstić information content (AvgIpc) is 3.14. The van der Waals surface area contributed by atoms with Crippen molar-refractivity contribution in [3.05, 3.63) is 71.4 Å². The summed E-state index contributed by atoms with van der Waals surface area (Å²) < 4.78 is 5.30. The number of aromatic amines is 1. The number of carbonyl (C=O) groups excluding carboxylic acids is 1. The summed E-state index contributed by atoms with van der Waals surface area (Å²) in [5.74, 6) is 2.64. The lowest BCUT2D eigenvalue weighted by molar-refractivity contribution is -0.117. The van der Waals surface area contributed by atoms with Crippen LogP contribution >= 0.6 is 0 Å². The van der Waals surface area contributed by atoms with E-state index in [1.54, 1.807) is 30.3 Å². The van der Waals surface area contributed by atoms with E-state index in [2.05, 4.69) is 16.2 Å². The molecule has 3 rings (SSSR count). The van der Waals surface area contributed by atoms with E-state index in [1.165, 1.54) is 0 Å². The fourth-order valence-corrected chi connectivity index (χ4v) is 2.84. The number of benzene rings is 2. The Balaban J connectivity index is 1.59. The van der Waals surface area contributed by atoms with Crippen LogP contribution in [0, 0.1) is 23.7 Å². The molecule has 2 N–H and O–H groups in total. The number of rotatable bonds is 7. The zero-order valence-corrected chi connectivity index (χ0v) is 15.2. The number of nitrogens with one attached hydrogen (secondary N) is 2. The van der Waals surface area contributed by atoms with Gasteiger partial charge in [-0.25, -0.2) is 0 Å². The molecule has 0 aliphatic carbocycles. The molecule has 0 radical (unpaired) electrons. The van der Waals surface area contributed by atoms with Gasteiger partial charge in [0.25, 0.3) is 5.91 Å². The van der Waals surface area contributed by atoms with Gasteiger partial charge in [0.2, 0.25) is 0 Å². The summed E-state index contributed by atoms with van der Waals surface area (Å²) in [5.41, 5.74) is 2.98. The maximum Gasteiger partial charge on any atom is 0.261 e. The fourth-order valence-electron chi connectivity index (χ4n) is 2.84. The number of nitrogens with zero attached hydrogens (tertiary/aromatic N) is 1. The van der Waals surface area contributed by atoms with Gasteiger partial charge in [-0.15, -0.1) is 6.42 Å². The summed E-state index contributed by atoms with van der Waals surface area (Å²) in [5, 5.41) is 13.3. The third kappa shape index (κ3) is 4.60. The zero-order chi connectivity index (χ0) is 19.8. The van der Waals surface area contributed by atoms with Crippen molar-refractivity contribution in [3.8, 4) is 24.2 Å². The van der Waals surface area contributed by atoms with Crippen molar-refractivity contribution < 1.29 is 9.53 Å². The standard InChI is InChI=1S/C23H19N3O2/c1-2-13-28-20-9-7-17(8-10-20)14-19(15-24)23(27)25-12-11-18-16-26-22-6-4-3-5-21(18)22/h1,3-10,14,16,26H,11-13H2,(H,25,27)/b19-14+. The van der Waals surface area contributed by atoms with Gasteiger partial charge in [0.1, 0.15) is 24.0 Å². The molecule has 0 fully saturated rings. The molecule has 0 bridgehead atoms. The molecule has 0 saturated carbocycles. The summed E-state index contributed by atoms with van der Waals surface area (Å²) in [6.45, 7) is 0.635. The van der Waals surface area contributed by atoms with Gasteiger partial charge in [0, 0.05) is 23.6 Å². The summed E-state index contributed by atoms with van der Waals surface area (Å²) >= 11 is 0. The predicted octanol–water partition coefficient (Wildman–Crippen LogP) is 3.45. The van der Waals surface area contributed by atoms with Gasteiger partial charge in [-0.1, -0.05) is 36.3 Å². The lowest BCUT2D eigenvalue weighted by atomic mass is 10.1. The number of terminal acetylenes is 1. The normalized spacial score (nSPS) is 10.9. The third-order valence-electron chi connectivity index (χ3n) is 4.23. The Hall–Kier alpha value is -3.96. The second-order valence-electron chi connectivity index (χ2n) is 6.10. The van der Waals surface area contributed by atoms with E-state index in [0.717, 1.165) is 22.0 Å². The first kappa shape index (κ1) is 18.8. The summed E-state index contributed by atoms with van der Waals surface area (Å²) in [7, 11) is 0. The number of amides is 1. The molecular formula is C23H19N3O2. The lowest BCUT2D eigenvalue weighted by Gasteiger charge is -2.05. The van der Waals surface area contributed by atoms with E-state index in [1.807, 2.05) is 36.5 Å². The van der Waals surface area contributed by atoms with Crippen molar-refractivity contribution in [1.29, 1.82) is 5.26 Å². The molecule has 0 unspecified atom stereocenters. The van der Waals surface area contributed by atoms with Gasteiger partial charge in [0.05, 0.1) is 0 Å². The molecule has 0 aliphatic heterocycles. The van der Waals surface area contributed by atoms with E-state index in [-0.39, 0.29) is 12.2 Å². The summed E-state index contributed by atoms with van der Waals surface area (Å²) in [6.07, 6.45) is 9.32. The van der Waals surface area contributed by atoms with Crippen LogP contribution in [-0.2, 0) is 11.2 Å². The number of hydrogen-bond acceptors (Lipinski definition) is 3. The smallest absolute Gasteiger partial charge is 0.261 e. The fraction of sp³-hybridized carbons (Fsp3) is 0.130. The highest BCUT2D eigenvalue weighted by molar-refractivity contribution is 6.01. The Morgan fingerprint density at radius 2 is 2.00 bits per heavy atom. The second kappa shape index (κ2) is 9.12. The minimum Gasteiger partial charge on any atom is -0.481 e. The van der Waals surface area contributed by atoms with Crippen molar-refractivity contribution in [2.45, 2.75) is 6.42 Å². The van der Waals surface area contributed by atoms with Gasteiger partial charge in [-0.3, -0.25) is 4.79 Å². The molecule has 2 aromatic carbocycles. The zero-order valence-electron chi connectivity index (χ0n) is 15.2. The molecule has 0 aliphatic rings. The van der Waals surface area contributed by atoms with E-state index < -0.39 is 5.91 Å². The maximum atomic E-state index is 12.3. The highest BCUT2D eigenvalue weighted by Gasteiger charge is 2.09. The Kier molecular flexibility index (Phi) is 6.13. The third-order valence-corrected chi connectivity index (χ3v) is 4.23. The lowest BCUT2D eigenvalue weighted by Crippen LogP contribution is -2.26. The van der Waals surface area contributed by atoms with Crippen LogP contribution in [0.3, 0.4) is 0 Å². The Morgan fingerprint density at radius 3 is 2.75 bits per heavy atom. The molecular weight excluding hydrogens is 350 g/mol. The van der Waals surface area contributed by atoms with E-state index in [4.69, 9.17) is 11.2 Å². The molecule has 1 heterocycles. The van der Waals surface area contributed by atoms with Gasteiger partial charge in [-0.05, 0) is 41.8 Å². The molecule has 1 aromatic heterocycles. The topological polar surface area (TPSA) is 77.9 Å². The second-order valence-corrected chi connectivity index (χ2v) is 6.10. The number of H-pyrrole nitrogens is 1. The molecule has 5 nitrogen and oxygen atoms in total. The molecule has 1 amide bonds. The first-order valence-corrected chi connectivity index (χ1v) is 8.82. The van der Waals surface area contributed by atoms with Crippen molar-refractivity contribution in [2.75, 3.05) is 13.2 Å². The minimum atomic E-state index is -0.394. The predicted molar refractivity (Wildman–Crippen MR) is 109 cm³/mol. The molecule has 0 atom stereocenters. The number of aromatic nitrogens is 1. The van der Waals surface area contributed by atoms with Crippen LogP contribution in [0.25, 0.3) is 17.0 Å². The molecule has 28 heavy (non-hydrogen) atoms. The molecule has 0 saturated heterocycles. The van der Waals surface area contributed by atoms with Crippen LogP contribution in [-0.4, -0.2) is 24.0 Å². The van der Waals surface area contributed by atoms with Crippen LogP contribution in [0.15, 0.2) is 60.3 Å². The van der Waals surface area contributed by atoms with Crippen LogP contribution in [0.2, 0.25) is 0 Å². The van der Waals surface area contributed by atoms with Crippen molar-refractivity contribution in [2.24, 2.45) is 0 Å². The molecule has 138 valence electrons. The maximum absolute atomic E-state index is 12.3. The van der Waals surface area contributed by atoms with Crippen LogP contribution in [0.5, 0.6) is 5.75 Å². The summed E-state index contributed by atoms with van der Waals surface area (Å²) in [6, 6.07) is 17.0. The highest BCUT2D eigenvalue weighted by Crippen LogP contribution is 2.18. The Bertz CT molecular complexity index is 1080. The average molecular weight is 369 g/mol. The first-order chi connectivity index (χ1) is 13.7. The van der Waals surface area contributed by atoms with Crippen molar-refractivity contribution >= 4 is 22.9 Å². The van der Waals surface area contributed by atoms with Gasteiger partial charge in [0.15, 0.2) is 0 Å². The summed E-state index contributed by atoms with van der Waals surface area (Å²) in [4.78, 5) is 15.5. The number of para-hydroxylation sites is 1. The van der Waals surface area contributed by atoms with Gasteiger partial charge in [-0.2, -0.15) is 5.26 Å². The quantitative estimate of drug-likeness (QED) is 0.380. The van der Waals surface area contributed by atoms with Crippen LogP contribution in [0.1, 0.15) is 11.1 Å². The molecule has 0 spiro atoms. The van der Waals surface area contributed by atoms with E-state index in [0.29, 0.717) is 18.7 Å². The number of fused-ring (bicyclic) bond motifs is 1. The van der Waals surface area contributed by atoms with Crippen molar-refractivity contribution in [3.63, 3.8) is 0 Å². The SMILES string of the molecule is C#CCOc1ccc(/C=C(\C#N)C(=O)NCCc2c[nH]c3ccccc23)cc1. The minimum absolute atomic E-state index is 0.0521. The molecule has 3 aromatic rings. The Morgan fingerprint density at radius 1 is 1.21 bits per heavy atom. The number of carbonyl (C=O) groups is 1. The molecule has 5 heteroatoms. The number of hydrogen-bond donors (Lipinski definition) is 2. The van der Waals surface area contributed by atoms with E-state index >= 15 is 0 Å². The van der Waals surface area contributed by atoms with Crippen LogP contribution < -0.4 is 10.1 Å². The monoisotopic (exact) mass is 369 g/mol.